The number of carboxylic acids is 1. The van der Waals surface area contributed by atoms with Crippen LogP contribution in [0.3, 0.4) is 0 Å². The molecule has 15 heavy (non-hydrogen) atoms. The summed E-state index contributed by atoms with van der Waals surface area (Å²) in [7, 11) is 1.28. The third-order valence-corrected chi connectivity index (χ3v) is 1.75. The van der Waals surface area contributed by atoms with Crippen molar-refractivity contribution in [3.63, 3.8) is 0 Å². The number of hydrogen-bond acceptors (Lipinski definition) is 3. The second-order valence-electron chi connectivity index (χ2n) is 2.79. The van der Waals surface area contributed by atoms with Gasteiger partial charge in [0.1, 0.15) is 0 Å². The van der Waals surface area contributed by atoms with Crippen molar-refractivity contribution < 1.29 is 19.4 Å². The Morgan fingerprint density at radius 2 is 2.13 bits per heavy atom. The van der Waals surface area contributed by atoms with Crippen LogP contribution in [0.5, 0.6) is 0 Å². The van der Waals surface area contributed by atoms with Crippen molar-refractivity contribution in [3.8, 4) is 0 Å². The predicted octanol–water partition coefficient (Wildman–Crippen LogP) is 1.57. The van der Waals surface area contributed by atoms with E-state index in [-0.39, 0.29) is 5.56 Å². The van der Waals surface area contributed by atoms with Gasteiger partial charge >= 0.3 is 11.9 Å². The number of methoxy groups -OCH3 is 1. The zero-order chi connectivity index (χ0) is 11.3. The number of rotatable bonds is 3. The number of carbonyl (C=O) groups excluding carboxylic acids is 1. The van der Waals surface area contributed by atoms with Crippen molar-refractivity contribution in [3.05, 3.63) is 41.5 Å². The molecule has 4 nitrogen and oxygen atoms in total. The SMILES string of the molecule is COC(=O)C=Cc1cccc(C(=O)O)c1. The lowest BCUT2D eigenvalue weighted by Gasteiger charge is -1.96. The first-order valence-electron chi connectivity index (χ1n) is 4.23. The molecule has 0 aliphatic carbocycles. The molecule has 0 fully saturated rings. The summed E-state index contributed by atoms with van der Waals surface area (Å²) in [6, 6.07) is 6.27. The van der Waals surface area contributed by atoms with Crippen molar-refractivity contribution in [1.29, 1.82) is 0 Å². The molecular weight excluding hydrogens is 196 g/mol. The van der Waals surface area contributed by atoms with Crippen LogP contribution in [0.2, 0.25) is 0 Å². The smallest absolute Gasteiger partial charge is 0.335 e. The Balaban J connectivity index is 2.87. The molecular formula is C11H10O4. The highest BCUT2D eigenvalue weighted by Crippen LogP contribution is 2.07. The molecule has 1 aromatic rings. The van der Waals surface area contributed by atoms with Gasteiger partial charge in [0.25, 0.3) is 0 Å². The maximum Gasteiger partial charge on any atom is 0.335 e. The fourth-order valence-corrected chi connectivity index (χ4v) is 1.01. The Kier molecular flexibility index (Phi) is 3.62. The highest BCUT2D eigenvalue weighted by Gasteiger charge is 2.01. The zero-order valence-corrected chi connectivity index (χ0v) is 8.14. The van der Waals surface area contributed by atoms with E-state index in [9.17, 15) is 9.59 Å². The Bertz CT molecular complexity index is 407. The van der Waals surface area contributed by atoms with Gasteiger partial charge in [0.2, 0.25) is 0 Å². The van der Waals surface area contributed by atoms with Gasteiger partial charge in [0.05, 0.1) is 12.7 Å². The number of hydrogen-bond donors (Lipinski definition) is 1. The van der Waals surface area contributed by atoms with E-state index in [0.717, 1.165) is 0 Å². The first-order chi connectivity index (χ1) is 7.13. The summed E-state index contributed by atoms with van der Waals surface area (Å²) >= 11 is 0. The summed E-state index contributed by atoms with van der Waals surface area (Å²) in [4.78, 5) is 21.4. The Labute approximate surface area is 86.8 Å². The molecule has 0 saturated heterocycles. The third kappa shape index (κ3) is 3.27. The minimum Gasteiger partial charge on any atom is -0.478 e. The van der Waals surface area contributed by atoms with Crippen LogP contribution in [0.4, 0.5) is 0 Å². The van der Waals surface area contributed by atoms with Crippen LogP contribution in [0.1, 0.15) is 15.9 Å². The predicted molar refractivity (Wildman–Crippen MR) is 54.5 cm³/mol. The minimum absolute atomic E-state index is 0.182. The van der Waals surface area contributed by atoms with Crippen LogP contribution in [-0.4, -0.2) is 24.2 Å². The molecule has 1 N–H and O–H groups in total. The largest absolute Gasteiger partial charge is 0.478 e. The van der Waals surface area contributed by atoms with Crippen LogP contribution < -0.4 is 0 Å². The molecule has 0 radical (unpaired) electrons. The quantitative estimate of drug-likeness (QED) is 0.602. The molecule has 78 valence electrons. The van der Waals surface area contributed by atoms with Gasteiger partial charge < -0.3 is 9.84 Å². The van der Waals surface area contributed by atoms with E-state index in [1.165, 1.54) is 31.4 Å². The molecule has 1 rings (SSSR count). The van der Waals surface area contributed by atoms with E-state index in [2.05, 4.69) is 4.74 Å². The molecule has 1 aromatic carbocycles. The van der Waals surface area contributed by atoms with Crippen molar-refractivity contribution in [1.82, 2.24) is 0 Å². The van der Waals surface area contributed by atoms with Gasteiger partial charge in [-0.15, -0.1) is 0 Å². The first kappa shape index (κ1) is 11.0. The highest BCUT2D eigenvalue weighted by molar-refractivity contribution is 5.90. The molecule has 4 heteroatoms. The molecule has 0 aliphatic rings. The fraction of sp³-hybridized carbons (Fsp3) is 0.0909. The number of ether oxygens (including phenoxy) is 1. The van der Waals surface area contributed by atoms with Crippen LogP contribution in [0, 0.1) is 0 Å². The third-order valence-electron chi connectivity index (χ3n) is 1.75. The second kappa shape index (κ2) is 4.95. The van der Waals surface area contributed by atoms with Crippen molar-refractivity contribution in [2.45, 2.75) is 0 Å². The van der Waals surface area contributed by atoms with Crippen LogP contribution in [0.25, 0.3) is 6.08 Å². The maximum absolute atomic E-state index is 10.8. The number of aromatic carboxylic acids is 1. The topological polar surface area (TPSA) is 63.6 Å². The minimum atomic E-state index is -0.997. The summed E-state index contributed by atoms with van der Waals surface area (Å²) in [6.07, 6.45) is 2.74. The molecule has 0 bridgehead atoms. The van der Waals surface area contributed by atoms with Gasteiger partial charge in [-0.2, -0.15) is 0 Å². The van der Waals surface area contributed by atoms with Crippen molar-refractivity contribution in [2.75, 3.05) is 7.11 Å². The summed E-state index contributed by atoms with van der Waals surface area (Å²) in [5.74, 6) is -1.47. The lowest BCUT2D eigenvalue weighted by Crippen LogP contribution is -1.96. The Hall–Kier alpha value is -2.10. The van der Waals surface area contributed by atoms with Crippen molar-refractivity contribution >= 4 is 18.0 Å². The number of benzene rings is 1. The van der Waals surface area contributed by atoms with Gasteiger partial charge in [-0.25, -0.2) is 9.59 Å². The number of carbonyl (C=O) groups is 2. The van der Waals surface area contributed by atoms with Gasteiger partial charge in [0.15, 0.2) is 0 Å². The van der Waals surface area contributed by atoms with E-state index in [0.29, 0.717) is 5.56 Å². The van der Waals surface area contributed by atoms with E-state index in [1.807, 2.05) is 0 Å². The average molecular weight is 206 g/mol. The second-order valence-corrected chi connectivity index (χ2v) is 2.79. The van der Waals surface area contributed by atoms with Crippen LogP contribution in [-0.2, 0) is 9.53 Å². The van der Waals surface area contributed by atoms with Crippen LogP contribution in [0.15, 0.2) is 30.3 Å². The lowest BCUT2D eigenvalue weighted by molar-refractivity contribution is -0.134. The van der Waals surface area contributed by atoms with E-state index < -0.39 is 11.9 Å². The summed E-state index contributed by atoms with van der Waals surface area (Å²) < 4.78 is 4.41. The van der Waals surface area contributed by atoms with Crippen molar-refractivity contribution in [2.24, 2.45) is 0 Å². The van der Waals surface area contributed by atoms with Crippen LogP contribution >= 0.6 is 0 Å². The molecule has 0 unspecified atom stereocenters. The standard InChI is InChI=1S/C11H10O4/c1-15-10(12)6-5-8-3-2-4-9(7-8)11(13)14/h2-7H,1H3,(H,13,14). The monoisotopic (exact) mass is 206 g/mol. The Morgan fingerprint density at radius 3 is 2.73 bits per heavy atom. The molecule has 0 saturated carbocycles. The first-order valence-corrected chi connectivity index (χ1v) is 4.23. The van der Waals surface area contributed by atoms with E-state index >= 15 is 0 Å². The van der Waals surface area contributed by atoms with Gasteiger partial charge in [-0.3, -0.25) is 0 Å². The lowest BCUT2D eigenvalue weighted by atomic mass is 10.1. The summed E-state index contributed by atoms with van der Waals surface area (Å²) in [5.41, 5.74) is 0.822. The fourth-order valence-electron chi connectivity index (χ4n) is 1.01. The maximum atomic E-state index is 10.8. The highest BCUT2D eigenvalue weighted by atomic mass is 16.5. The Morgan fingerprint density at radius 1 is 1.40 bits per heavy atom. The molecule has 0 aromatic heterocycles. The van der Waals surface area contributed by atoms with Gasteiger partial charge in [-0.05, 0) is 23.8 Å². The number of esters is 1. The summed E-state index contributed by atoms with van der Waals surface area (Å²) in [5, 5.41) is 8.72. The molecule has 0 amide bonds. The summed E-state index contributed by atoms with van der Waals surface area (Å²) in [6.45, 7) is 0. The normalized spacial score (nSPS) is 10.2. The van der Waals surface area contributed by atoms with E-state index in [1.54, 1.807) is 12.1 Å². The molecule has 0 atom stereocenters. The zero-order valence-electron chi connectivity index (χ0n) is 8.14. The van der Waals surface area contributed by atoms with Gasteiger partial charge in [-0.1, -0.05) is 12.1 Å². The average Bonchev–Trinajstić information content (AvgIpc) is 2.26. The molecule has 0 spiro atoms. The molecule has 0 heterocycles. The number of carboxylic acid groups (broad SMARTS) is 1. The van der Waals surface area contributed by atoms with E-state index in [4.69, 9.17) is 5.11 Å². The van der Waals surface area contributed by atoms with Gasteiger partial charge in [0, 0.05) is 6.08 Å². The molecule has 0 aliphatic heterocycles.